The molecule has 1 aliphatic rings. The van der Waals surface area contributed by atoms with E-state index in [1.807, 2.05) is 6.92 Å². The van der Waals surface area contributed by atoms with Gasteiger partial charge in [-0.3, -0.25) is 9.59 Å². The lowest BCUT2D eigenvalue weighted by Gasteiger charge is -2.35. The highest BCUT2D eigenvalue weighted by molar-refractivity contribution is 7.90. The Morgan fingerprint density at radius 1 is 0.974 bits per heavy atom. The molecule has 1 aliphatic carbocycles. The predicted octanol–water partition coefficient (Wildman–Crippen LogP) is 4.86. The zero-order valence-corrected chi connectivity index (χ0v) is 24.4. The molecule has 1 N–H and O–H groups in total. The van der Waals surface area contributed by atoms with E-state index in [2.05, 4.69) is 5.32 Å². The number of nitrogens with one attached hydrogen (secondary N) is 1. The van der Waals surface area contributed by atoms with E-state index in [4.69, 9.17) is 23.2 Å². The number of amides is 2. The number of para-hydroxylation sites is 1. The van der Waals surface area contributed by atoms with Gasteiger partial charge in [-0.25, -0.2) is 4.31 Å². The summed E-state index contributed by atoms with van der Waals surface area (Å²) in [5.74, 6) is -0.807. The van der Waals surface area contributed by atoms with Crippen molar-refractivity contribution in [2.24, 2.45) is 0 Å². The lowest BCUT2D eigenvalue weighted by molar-refractivity contribution is -0.140. The second-order valence-electron chi connectivity index (χ2n) is 9.62. The number of benzene rings is 2. The number of anilines is 1. The number of carbonyl (C=O) groups excluding carboxylic acids is 2. The molecule has 0 spiro atoms. The molecule has 38 heavy (non-hydrogen) atoms. The monoisotopic (exact) mass is 582 g/mol. The number of hydrogen-bond donors (Lipinski definition) is 1. The van der Waals surface area contributed by atoms with E-state index in [0.717, 1.165) is 40.7 Å². The van der Waals surface area contributed by atoms with Crippen molar-refractivity contribution in [1.82, 2.24) is 14.5 Å². The summed E-state index contributed by atoms with van der Waals surface area (Å²) in [5, 5.41) is 3.83. The number of hydrogen-bond acceptors (Lipinski definition) is 4. The quantitative estimate of drug-likeness (QED) is 0.409. The molecule has 0 heterocycles. The Morgan fingerprint density at radius 3 is 2.13 bits per heavy atom. The number of carbonyl (C=O) groups is 2. The number of rotatable bonds is 11. The van der Waals surface area contributed by atoms with Gasteiger partial charge in [-0.15, -0.1) is 0 Å². The van der Waals surface area contributed by atoms with Crippen LogP contribution < -0.4 is 9.62 Å². The topological polar surface area (TPSA) is 90.0 Å². The van der Waals surface area contributed by atoms with Crippen molar-refractivity contribution < 1.29 is 18.0 Å². The van der Waals surface area contributed by atoms with Crippen LogP contribution in [0.25, 0.3) is 0 Å². The zero-order chi connectivity index (χ0) is 27.9. The Morgan fingerprint density at radius 2 is 1.58 bits per heavy atom. The average molecular weight is 584 g/mol. The summed E-state index contributed by atoms with van der Waals surface area (Å²) in [6, 6.07) is 12.7. The summed E-state index contributed by atoms with van der Waals surface area (Å²) in [7, 11) is -1.21. The molecule has 0 bridgehead atoms. The molecule has 0 aromatic heterocycles. The van der Waals surface area contributed by atoms with Crippen LogP contribution in [0.15, 0.2) is 48.5 Å². The molecule has 3 rings (SSSR count). The number of halogens is 2. The second kappa shape index (κ2) is 13.6. The lowest BCUT2D eigenvalue weighted by Crippen LogP contribution is -2.54. The highest BCUT2D eigenvalue weighted by atomic mass is 35.5. The molecule has 0 saturated heterocycles. The molecule has 0 unspecified atom stereocenters. The van der Waals surface area contributed by atoms with Gasteiger partial charge in [0.1, 0.15) is 12.6 Å². The minimum absolute atomic E-state index is 0.0431. The van der Waals surface area contributed by atoms with Gasteiger partial charge in [-0.05, 0) is 43.5 Å². The largest absolute Gasteiger partial charge is 0.352 e. The Balaban J connectivity index is 1.98. The molecular weight excluding hydrogens is 547 g/mol. The second-order valence-corrected chi connectivity index (χ2v) is 12.5. The fraction of sp³-hybridized carbons (Fsp3) is 0.481. The average Bonchev–Trinajstić information content (AvgIpc) is 2.89. The summed E-state index contributed by atoms with van der Waals surface area (Å²) in [6.07, 6.45) is 5.37. The highest BCUT2D eigenvalue weighted by Crippen LogP contribution is 2.28. The molecule has 2 aromatic rings. The molecule has 8 nitrogen and oxygen atoms in total. The summed E-state index contributed by atoms with van der Waals surface area (Å²) in [6.45, 7) is 1.28. The third-order valence-electron chi connectivity index (χ3n) is 6.79. The van der Waals surface area contributed by atoms with E-state index in [0.29, 0.717) is 27.7 Å². The van der Waals surface area contributed by atoms with E-state index in [1.54, 1.807) is 48.5 Å². The third kappa shape index (κ3) is 7.40. The van der Waals surface area contributed by atoms with Gasteiger partial charge in [0.15, 0.2) is 0 Å². The maximum absolute atomic E-state index is 14.0. The zero-order valence-electron chi connectivity index (χ0n) is 22.1. The van der Waals surface area contributed by atoms with Gasteiger partial charge < -0.3 is 10.2 Å². The van der Waals surface area contributed by atoms with Crippen molar-refractivity contribution in [1.29, 1.82) is 0 Å². The van der Waals surface area contributed by atoms with Crippen molar-refractivity contribution in [2.75, 3.05) is 24.9 Å². The van der Waals surface area contributed by atoms with E-state index < -0.39 is 28.7 Å². The van der Waals surface area contributed by atoms with Gasteiger partial charge in [0, 0.05) is 42.3 Å². The van der Waals surface area contributed by atoms with Gasteiger partial charge >= 0.3 is 10.2 Å². The number of nitrogens with zero attached hydrogens (tertiary/aromatic N) is 3. The minimum atomic E-state index is -4.02. The molecule has 2 aromatic carbocycles. The maximum atomic E-state index is 14.0. The Labute approximate surface area is 236 Å². The predicted molar refractivity (Wildman–Crippen MR) is 153 cm³/mol. The summed E-state index contributed by atoms with van der Waals surface area (Å²) in [5.41, 5.74) is 0.833. The highest BCUT2D eigenvalue weighted by Gasteiger charge is 2.35. The lowest BCUT2D eigenvalue weighted by atomic mass is 9.95. The van der Waals surface area contributed by atoms with Crippen molar-refractivity contribution >= 4 is 50.9 Å². The fourth-order valence-corrected chi connectivity index (χ4v) is 6.20. The Hall–Kier alpha value is -2.33. The standard InChI is InChI=1S/C27H36Cl2N4O4S/c1-4-25(27(35)30-20-12-7-5-8-13-20)32(18-22-23(28)16-11-17-24(22)29)26(34)19-33(38(36,37)31(2)3)21-14-9-6-10-15-21/h6,9-11,14-17,20,25H,4-5,7-8,12-13,18-19H2,1-3H3,(H,30,35)/t25-/m0/s1. The first kappa shape index (κ1) is 30.2. The van der Waals surface area contributed by atoms with Crippen molar-refractivity contribution in [3.8, 4) is 0 Å². The van der Waals surface area contributed by atoms with Gasteiger partial charge in [0.05, 0.1) is 5.69 Å². The SMILES string of the molecule is CC[C@@H](C(=O)NC1CCCCC1)N(Cc1c(Cl)cccc1Cl)C(=O)CN(c1ccccc1)S(=O)(=O)N(C)C. The molecule has 0 aliphatic heterocycles. The van der Waals surface area contributed by atoms with E-state index in [9.17, 15) is 18.0 Å². The Bertz CT molecular complexity index is 1180. The van der Waals surface area contributed by atoms with Gasteiger partial charge in [-0.2, -0.15) is 12.7 Å². The van der Waals surface area contributed by atoms with Crippen LogP contribution >= 0.6 is 23.2 Å². The van der Waals surface area contributed by atoms with Crippen LogP contribution in [0.5, 0.6) is 0 Å². The van der Waals surface area contributed by atoms with Crippen molar-refractivity contribution in [3.05, 3.63) is 64.1 Å². The molecule has 1 saturated carbocycles. The third-order valence-corrected chi connectivity index (χ3v) is 9.32. The van der Waals surface area contributed by atoms with E-state index in [1.165, 1.54) is 19.0 Å². The maximum Gasteiger partial charge on any atom is 0.304 e. The summed E-state index contributed by atoms with van der Waals surface area (Å²) >= 11 is 12.9. The molecule has 2 amide bonds. The fourth-order valence-electron chi connectivity index (χ4n) is 4.63. The van der Waals surface area contributed by atoms with Crippen LogP contribution in [0, 0.1) is 0 Å². The first-order chi connectivity index (χ1) is 18.1. The van der Waals surface area contributed by atoms with Crippen LogP contribution in [0.1, 0.15) is 51.0 Å². The first-order valence-corrected chi connectivity index (χ1v) is 15.0. The van der Waals surface area contributed by atoms with Gasteiger partial charge in [0.2, 0.25) is 11.8 Å². The molecular formula is C27H36Cl2N4O4S. The van der Waals surface area contributed by atoms with Crippen LogP contribution in [0.2, 0.25) is 10.0 Å². The molecule has 0 radical (unpaired) electrons. The smallest absolute Gasteiger partial charge is 0.304 e. The van der Waals surface area contributed by atoms with Crippen LogP contribution in [0.3, 0.4) is 0 Å². The van der Waals surface area contributed by atoms with E-state index >= 15 is 0 Å². The van der Waals surface area contributed by atoms with Crippen LogP contribution in [-0.2, 0) is 26.3 Å². The molecule has 11 heteroatoms. The minimum Gasteiger partial charge on any atom is -0.352 e. The van der Waals surface area contributed by atoms with Gasteiger partial charge in [0.25, 0.3) is 0 Å². The first-order valence-electron chi connectivity index (χ1n) is 12.8. The summed E-state index contributed by atoms with van der Waals surface area (Å²) < 4.78 is 28.6. The summed E-state index contributed by atoms with van der Waals surface area (Å²) in [4.78, 5) is 28.8. The van der Waals surface area contributed by atoms with Gasteiger partial charge in [-0.1, -0.05) is 73.7 Å². The Kier molecular flexibility index (Phi) is 10.8. The molecule has 208 valence electrons. The molecule has 1 atom stereocenters. The van der Waals surface area contributed by atoms with Crippen LogP contribution in [0.4, 0.5) is 5.69 Å². The van der Waals surface area contributed by atoms with Crippen molar-refractivity contribution in [2.45, 2.75) is 64.1 Å². The van der Waals surface area contributed by atoms with E-state index in [-0.39, 0.29) is 18.5 Å². The molecule has 1 fully saturated rings. The normalized spacial score (nSPS) is 15.2. The van der Waals surface area contributed by atoms with Crippen LogP contribution in [-0.4, -0.2) is 62.2 Å². The van der Waals surface area contributed by atoms with Crippen molar-refractivity contribution in [3.63, 3.8) is 0 Å².